The lowest BCUT2D eigenvalue weighted by Crippen LogP contribution is -2.16. The highest BCUT2D eigenvalue weighted by molar-refractivity contribution is 6.30. The van der Waals surface area contributed by atoms with Gasteiger partial charge < -0.3 is 14.6 Å². The Kier molecular flexibility index (Phi) is 5.70. The summed E-state index contributed by atoms with van der Waals surface area (Å²) >= 11 is 5.89. The first-order valence-electron chi connectivity index (χ1n) is 10.3. The average molecular weight is 465 g/mol. The van der Waals surface area contributed by atoms with Crippen LogP contribution in [0.1, 0.15) is 23.2 Å². The van der Waals surface area contributed by atoms with Crippen molar-refractivity contribution in [2.75, 3.05) is 11.9 Å². The average Bonchev–Trinajstić information content (AvgIpc) is 3.29. The third-order valence-corrected chi connectivity index (χ3v) is 5.51. The van der Waals surface area contributed by atoms with Gasteiger partial charge in [-0.1, -0.05) is 23.7 Å². The second-order valence-corrected chi connectivity index (χ2v) is 7.88. The summed E-state index contributed by atoms with van der Waals surface area (Å²) in [5.74, 6) is 0.299. The van der Waals surface area contributed by atoms with Crippen molar-refractivity contribution in [1.82, 2.24) is 24.7 Å². The molecule has 1 aliphatic rings. The summed E-state index contributed by atoms with van der Waals surface area (Å²) in [6, 6.07) is 11.9. The molecule has 0 fully saturated rings. The number of fused-ring (bicyclic) bond motifs is 5. The van der Waals surface area contributed by atoms with Crippen LogP contribution in [0.2, 0.25) is 5.02 Å². The van der Waals surface area contributed by atoms with Crippen LogP contribution in [0.15, 0.2) is 55.0 Å². The Morgan fingerprint density at radius 2 is 2.03 bits per heavy atom. The van der Waals surface area contributed by atoms with Crippen molar-refractivity contribution in [3.05, 3.63) is 71.5 Å². The SMILES string of the molecule is O=C1Nc2cccc(n2)-c2nncn2CCCCOc2ccc(-c3cnc(F)c(Cl)c3)cc21. The molecule has 2 bridgehead atoms. The number of aromatic nitrogens is 5. The lowest BCUT2D eigenvalue weighted by atomic mass is 10.0. The fraction of sp³-hybridized carbons (Fsp3) is 0.174. The molecule has 0 radical (unpaired) electrons. The van der Waals surface area contributed by atoms with E-state index in [-0.39, 0.29) is 5.02 Å². The van der Waals surface area contributed by atoms with Crippen molar-refractivity contribution in [3.63, 3.8) is 0 Å². The zero-order chi connectivity index (χ0) is 22.8. The maximum atomic E-state index is 13.5. The Balaban J connectivity index is 1.54. The quantitative estimate of drug-likeness (QED) is 0.413. The number of nitrogens with one attached hydrogen (secondary N) is 1. The summed E-state index contributed by atoms with van der Waals surface area (Å²) in [5.41, 5.74) is 2.16. The third-order valence-electron chi connectivity index (χ3n) is 5.24. The van der Waals surface area contributed by atoms with Gasteiger partial charge in [-0.2, -0.15) is 4.39 Å². The third kappa shape index (κ3) is 4.40. The molecule has 1 aliphatic heterocycles. The lowest BCUT2D eigenvalue weighted by molar-refractivity contribution is 0.102. The van der Waals surface area contributed by atoms with E-state index in [1.807, 2.05) is 10.6 Å². The van der Waals surface area contributed by atoms with Crippen molar-refractivity contribution in [3.8, 4) is 28.4 Å². The molecular weight excluding hydrogens is 447 g/mol. The number of carbonyl (C=O) groups excluding carboxylic acids is 1. The van der Waals surface area contributed by atoms with Gasteiger partial charge in [0.05, 0.1) is 17.2 Å². The number of aryl methyl sites for hydroxylation is 1. The van der Waals surface area contributed by atoms with Gasteiger partial charge in [0.2, 0.25) is 5.95 Å². The van der Waals surface area contributed by atoms with E-state index in [1.54, 1.807) is 36.7 Å². The molecule has 0 saturated carbocycles. The van der Waals surface area contributed by atoms with Crippen molar-refractivity contribution in [1.29, 1.82) is 0 Å². The van der Waals surface area contributed by atoms with E-state index in [9.17, 15) is 9.18 Å². The molecule has 166 valence electrons. The molecule has 0 saturated heterocycles. The van der Waals surface area contributed by atoms with Crippen molar-refractivity contribution in [2.24, 2.45) is 0 Å². The van der Waals surface area contributed by atoms with E-state index in [0.29, 0.717) is 52.9 Å². The summed E-state index contributed by atoms with van der Waals surface area (Å²) in [6.07, 6.45) is 4.64. The second kappa shape index (κ2) is 8.95. The molecule has 10 heteroatoms. The number of hydrogen-bond acceptors (Lipinski definition) is 6. The van der Waals surface area contributed by atoms with Crippen LogP contribution in [0.4, 0.5) is 10.2 Å². The number of pyridine rings is 2. The van der Waals surface area contributed by atoms with Crippen molar-refractivity contribution >= 4 is 23.3 Å². The summed E-state index contributed by atoms with van der Waals surface area (Å²) in [6.45, 7) is 1.15. The van der Waals surface area contributed by atoms with Gasteiger partial charge in [0.25, 0.3) is 5.91 Å². The Hall–Kier alpha value is -3.85. The molecule has 8 nitrogen and oxygen atoms in total. The molecule has 1 N–H and O–H groups in total. The number of nitrogens with zero attached hydrogens (tertiary/aromatic N) is 5. The number of benzene rings is 1. The number of amides is 1. The van der Waals surface area contributed by atoms with Crippen molar-refractivity contribution < 1.29 is 13.9 Å². The molecule has 5 rings (SSSR count). The first kappa shape index (κ1) is 21.0. The summed E-state index contributed by atoms with van der Waals surface area (Å²) in [5, 5.41) is 10.9. The maximum Gasteiger partial charge on any atom is 0.260 e. The summed E-state index contributed by atoms with van der Waals surface area (Å²) in [4.78, 5) is 21.4. The lowest BCUT2D eigenvalue weighted by Gasteiger charge is -2.15. The largest absolute Gasteiger partial charge is 0.493 e. The van der Waals surface area contributed by atoms with E-state index in [4.69, 9.17) is 16.3 Å². The Morgan fingerprint density at radius 1 is 1.12 bits per heavy atom. The number of halogens is 2. The topological polar surface area (TPSA) is 94.8 Å². The van der Waals surface area contributed by atoms with Gasteiger partial charge in [0.15, 0.2) is 5.82 Å². The van der Waals surface area contributed by atoms with Crippen LogP contribution in [-0.2, 0) is 6.54 Å². The number of hydrogen-bond donors (Lipinski definition) is 1. The molecule has 1 amide bonds. The molecule has 0 spiro atoms. The first-order valence-corrected chi connectivity index (χ1v) is 10.7. The highest BCUT2D eigenvalue weighted by Crippen LogP contribution is 2.30. The number of anilines is 1. The van der Waals surface area contributed by atoms with Crippen LogP contribution >= 0.6 is 11.6 Å². The van der Waals surface area contributed by atoms with Gasteiger partial charge in [0.1, 0.15) is 23.6 Å². The van der Waals surface area contributed by atoms with Gasteiger partial charge in [-0.25, -0.2) is 9.97 Å². The van der Waals surface area contributed by atoms with Crippen LogP contribution in [0.3, 0.4) is 0 Å². The number of carbonyl (C=O) groups is 1. The van der Waals surface area contributed by atoms with E-state index >= 15 is 0 Å². The maximum absolute atomic E-state index is 13.5. The molecule has 4 aromatic rings. The molecule has 0 unspecified atom stereocenters. The minimum atomic E-state index is -0.749. The van der Waals surface area contributed by atoms with Crippen LogP contribution in [0.25, 0.3) is 22.6 Å². The fourth-order valence-electron chi connectivity index (χ4n) is 3.59. The minimum Gasteiger partial charge on any atom is -0.493 e. The zero-order valence-electron chi connectivity index (χ0n) is 17.3. The van der Waals surface area contributed by atoms with E-state index in [2.05, 4.69) is 25.5 Å². The van der Waals surface area contributed by atoms with Gasteiger partial charge >= 0.3 is 0 Å². The molecule has 0 aliphatic carbocycles. The predicted molar refractivity (Wildman–Crippen MR) is 121 cm³/mol. The summed E-state index contributed by atoms with van der Waals surface area (Å²) in [7, 11) is 0. The zero-order valence-corrected chi connectivity index (χ0v) is 18.1. The highest BCUT2D eigenvalue weighted by Gasteiger charge is 2.18. The first-order chi connectivity index (χ1) is 16.1. The monoisotopic (exact) mass is 464 g/mol. The smallest absolute Gasteiger partial charge is 0.260 e. The molecule has 1 aromatic carbocycles. The minimum absolute atomic E-state index is 0.0952. The number of ether oxygens (including phenoxy) is 1. The molecule has 0 atom stereocenters. The standard InChI is InChI=1S/C23H18ClFN6O2/c24-17-11-15(12-26-21(17)25)14-6-7-19-16(10-14)23(32)29-20-5-3-4-18(28-20)22-30-27-13-31(22)8-1-2-9-33-19/h3-7,10-13H,1-2,8-9H2,(H,28,29,32). The van der Waals surface area contributed by atoms with Crippen LogP contribution in [0.5, 0.6) is 5.75 Å². The van der Waals surface area contributed by atoms with Gasteiger partial charge in [-0.3, -0.25) is 4.79 Å². The molecule has 3 aromatic heterocycles. The van der Waals surface area contributed by atoms with Crippen LogP contribution in [0, 0.1) is 5.95 Å². The normalized spacial score (nSPS) is 13.8. The van der Waals surface area contributed by atoms with E-state index < -0.39 is 11.9 Å². The van der Waals surface area contributed by atoms with Gasteiger partial charge in [0, 0.05) is 18.3 Å². The van der Waals surface area contributed by atoms with Gasteiger partial charge in [-0.15, -0.1) is 10.2 Å². The second-order valence-electron chi connectivity index (χ2n) is 7.47. The predicted octanol–water partition coefficient (Wildman–Crippen LogP) is 4.62. The van der Waals surface area contributed by atoms with Crippen LogP contribution in [-0.4, -0.2) is 37.2 Å². The van der Waals surface area contributed by atoms with E-state index in [0.717, 1.165) is 12.8 Å². The van der Waals surface area contributed by atoms with Gasteiger partial charge in [-0.05, 0) is 48.7 Å². The summed E-state index contributed by atoms with van der Waals surface area (Å²) < 4.78 is 21.4. The molecule has 33 heavy (non-hydrogen) atoms. The highest BCUT2D eigenvalue weighted by atomic mass is 35.5. The fourth-order valence-corrected chi connectivity index (χ4v) is 3.75. The Labute approximate surface area is 193 Å². The Bertz CT molecular complexity index is 1340. The molecular formula is C23H18ClFN6O2. The number of rotatable bonds is 1. The van der Waals surface area contributed by atoms with E-state index in [1.165, 1.54) is 12.3 Å². The molecule has 4 heterocycles. The Morgan fingerprint density at radius 3 is 2.91 bits per heavy atom. The van der Waals surface area contributed by atoms with Crippen LogP contribution < -0.4 is 10.1 Å². The van der Waals surface area contributed by atoms with Crippen molar-refractivity contribution in [2.45, 2.75) is 19.4 Å².